The summed E-state index contributed by atoms with van der Waals surface area (Å²) in [5.41, 5.74) is 0.259. The topological polar surface area (TPSA) is 43.8 Å². The Morgan fingerprint density at radius 3 is 2.84 bits per heavy atom. The van der Waals surface area contributed by atoms with Crippen molar-refractivity contribution in [3.8, 4) is 0 Å². The van der Waals surface area contributed by atoms with Gasteiger partial charge >= 0.3 is 5.97 Å². The van der Waals surface area contributed by atoms with E-state index in [0.29, 0.717) is 6.54 Å². The van der Waals surface area contributed by atoms with Crippen LogP contribution >= 0.6 is 0 Å². The van der Waals surface area contributed by atoms with Crippen molar-refractivity contribution >= 4 is 11.7 Å². The molecule has 1 atom stereocenters. The number of benzene rings is 1. The van der Waals surface area contributed by atoms with Gasteiger partial charge in [0.15, 0.2) is 0 Å². The van der Waals surface area contributed by atoms with Gasteiger partial charge in [0.05, 0.1) is 11.3 Å². The summed E-state index contributed by atoms with van der Waals surface area (Å²) in [4.78, 5) is 15.3. The fraction of sp³-hybridized carbons (Fsp3) is 0.500. The van der Waals surface area contributed by atoms with Crippen LogP contribution in [0.5, 0.6) is 0 Å². The van der Waals surface area contributed by atoms with Crippen LogP contribution in [0.15, 0.2) is 18.2 Å². The molecule has 1 aromatic rings. The summed E-state index contributed by atoms with van der Waals surface area (Å²) in [6, 6.07) is 4.31. The van der Waals surface area contributed by atoms with Crippen LogP contribution in [-0.4, -0.2) is 48.7 Å². The van der Waals surface area contributed by atoms with E-state index in [1.54, 1.807) is 0 Å². The monoisotopic (exact) mass is 266 g/mol. The van der Waals surface area contributed by atoms with E-state index < -0.39 is 11.8 Å². The summed E-state index contributed by atoms with van der Waals surface area (Å²) in [5.74, 6) is -1.55. The molecule has 104 valence electrons. The fourth-order valence-electron chi connectivity index (χ4n) is 2.68. The SMILES string of the molecule is CC1CN(C)CCCN1c1c(F)cccc1C(=O)O. The second-order valence-electron chi connectivity index (χ2n) is 5.10. The first-order chi connectivity index (χ1) is 9.00. The van der Waals surface area contributed by atoms with E-state index in [0.717, 1.165) is 19.5 Å². The second-order valence-corrected chi connectivity index (χ2v) is 5.10. The highest BCUT2D eigenvalue weighted by molar-refractivity contribution is 5.94. The van der Waals surface area contributed by atoms with Gasteiger partial charge in [-0.3, -0.25) is 0 Å². The number of rotatable bonds is 2. The van der Waals surface area contributed by atoms with Crippen molar-refractivity contribution in [2.24, 2.45) is 0 Å². The van der Waals surface area contributed by atoms with Crippen molar-refractivity contribution in [3.63, 3.8) is 0 Å². The van der Waals surface area contributed by atoms with Gasteiger partial charge in [-0.15, -0.1) is 0 Å². The van der Waals surface area contributed by atoms with Gasteiger partial charge in [-0.05, 0) is 39.1 Å². The quantitative estimate of drug-likeness (QED) is 0.890. The van der Waals surface area contributed by atoms with Crippen LogP contribution in [-0.2, 0) is 0 Å². The first-order valence-electron chi connectivity index (χ1n) is 6.47. The summed E-state index contributed by atoms with van der Waals surface area (Å²) in [5, 5.41) is 9.23. The van der Waals surface area contributed by atoms with Crippen molar-refractivity contribution in [1.82, 2.24) is 4.90 Å². The van der Waals surface area contributed by atoms with Crippen molar-refractivity contribution in [1.29, 1.82) is 0 Å². The molecule has 1 fully saturated rings. The number of anilines is 1. The lowest BCUT2D eigenvalue weighted by molar-refractivity contribution is 0.0697. The van der Waals surface area contributed by atoms with Gasteiger partial charge in [0.2, 0.25) is 0 Å². The van der Waals surface area contributed by atoms with Crippen molar-refractivity contribution in [3.05, 3.63) is 29.6 Å². The predicted molar refractivity (Wildman–Crippen MR) is 72.3 cm³/mol. The van der Waals surface area contributed by atoms with E-state index in [1.165, 1.54) is 18.2 Å². The minimum Gasteiger partial charge on any atom is -0.478 e. The summed E-state index contributed by atoms with van der Waals surface area (Å²) < 4.78 is 14.1. The lowest BCUT2D eigenvalue weighted by Gasteiger charge is -2.31. The highest BCUT2D eigenvalue weighted by atomic mass is 19.1. The van der Waals surface area contributed by atoms with Crippen LogP contribution in [0.1, 0.15) is 23.7 Å². The Balaban J connectivity index is 2.42. The molecule has 2 rings (SSSR count). The number of hydrogen-bond acceptors (Lipinski definition) is 3. The van der Waals surface area contributed by atoms with Gasteiger partial charge in [0, 0.05) is 19.1 Å². The molecule has 0 spiro atoms. The third-order valence-electron chi connectivity index (χ3n) is 3.55. The zero-order chi connectivity index (χ0) is 14.0. The van der Waals surface area contributed by atoms with E-state index in [1.807, 2.05) is 18.9 Å². The maximum Gasteiger partial charge on any atom is 0.337 e. The average Bonchev–Trinajstić information content (AvgIpc) is 2.50. The molecular formula is C14H19FN2O2. The number of carboxylic acids is 1. The Hall–Kier alpha value is -1.62. The fourth-order valence-corrected chi connectivity index (χ4v) is 2.68. The maximum atomic E-state index is 14.1. The molecular weight excluding hydrogens is 247 g/mol. The zero-order valence-corrected chi connectivity index (χ0v) is 11.3. The molecule has 0 aliphatic carbocycles. The molecule has 1 aromatic carbocycles. The van der Waals surface area contributed by atoms with E-state index in [9.17, 15) is 14.3 Å². The first kappa shape index (κ1) is 13.8. The number of likely N-dealkylation sites (N-methyl/N-ethyl adjacent to an activating group) is 1. The van der Waals surface area contributed by atoms with Crippen LogP contribution in [0.4, 0.5) is 10.1 Å². The largest absolute Gasteiger partial charge is 0.478 e. The molecule has 4 nitrogen and oxygen atoms in total. The molecule has 1 unspecified atom stereocenters. The van der Waals surface area contributed by atoms with Gasteiger partial charge in [0.25, 0.3) is 0 Å². The summed E-state index contributed by atoms with van der Waals surface area (Å²) in [6.07, 6.45) is 0.897. The highest BCUT2D eigenvalue weighted by Crippen LogP contribution is 2.28. The zero-order valence-electron chi connectivity index (χ0n) is 11.3. The molecule has 5 heteroatoms. The van der Waals surface area contributed by atoms with E-state index in [-0.39, 0.29) is 17.3 Å². The first-order valence-corrected chi connectivity index (χ1v) is 6.47. The van der Waals surface area contributed by atoms with Gasteiger partial charge in [0.1, 0.15) is 5.82 Å². The second kappa shape index (κ2) is 5.57. The Kier molecular flexibility index (Phi) is 4.04. The molecule has 0 amide bonds. The Morgan fingerprint density at radius 1 is 1.42 bits per heavy atom. The van der Waals surface area contributed by atoms with E-state index >= 15 is 0 Å². The Labute approximate surface area is 112 Å². The Morgan fingerprint density at radius 2 is 2.16 bits per heavy atom. The predicted octanol–water partition coefficient (Wildman–Crippen LogP) is 2.05. The third-order valence-corrected chi connectivity index (χ3v) is 3.55. The molecule has 1 aliphatic heterocycles. The number of aromatic carboxylic acids is 1. The molecule has 0 bridgehead atoms. The van der Waals surface area contributed by atoms with Crippen LogP contribution in [0.3, 0.4) is 0 Å². The molecule has 0 radical (unpaired) electrons. The van der Waals surface area contributed by atoms with Crippen LogP contribution in [0, 0.1) is 5.82 Å². The molecule has 0 aromatic heterocycles. The van der Waals surface area contributed by atoms with Crippen molar-refractivity contribution < 1.29 is 14.3 Å². The van der Waals surface area contributed by atoms with Crippen LogP contribution < -0.4 is 4.90 Å². The summed E-state index contributed by atoms with van der Waals surface area (Å²) in [6.45, 7) is 4.41. The smallest absolute Gasteiger partial charge is 0.337 e. The minimum absolute atomic E-state index is 0.0383. The van der Waals surface area contributed by atoms with Crippen LogP contribution in [0.2, 0.25) is 0 Å². The molecule has 19 heavy (non-hydrogen) atoms. The summed E-state index contributed by atoms with van der Waals surface area (Å²) >= 11 is 0. The summed E-state index contributed by atoms with van der Waals surface area (Å²) in [7, 11) is 2.03. The lowest BCUT2D eigenvalue weighted by atomic mass is 10.1. The Bertz CT molecular complexity index is 479. The van der Waals surface area contributed by atoms with Crippen molar-refractivity contribution in [2.75, 3.05) is 31.6 Å². The molecule has 1 heterocycles. The van der Waals surface area contributed by atoms with Gasteiger partial charge in [-0.1, -0.05) is 6.07 Å². The maximum absolute atomic E-state index is 14.1. The number of hydrogen-bond donors (Lipinski definition) is 1. The van der Waals surface area contributed by atoms with Crippen molar-refractivity contribution in [2.45, 2.75) is 19.4 Å². The lowest BCUT2D eigenvalue weighted by Crippen LogP contribution is -2.39. The minimum atomic E-state index is -1.08. The number of nitrogens with zero attached hydrogens (tertiary/aromatic N) is 2. The molecule has 1 N–H and O–H groups in total. The standard InChI is InChI=1S/C14H19FN2O2/c1-10-9-16(2)7-4-8-17(10)13-11(14(18)19)5-3-6-12(13)15/h3,5-6,10H,4,7-9H2,1-2H3,(H,18,19). The number of para-hydroxylation sites is 1. The third kappa shape index (κ3) is 2.87. The van der Waals surface area contributed by atoms with E-state index in [4.69, 9.17) is 0 Å². The molecule has 1 aliphatic rings. The molecule has 1 saturated heterocycles. The highest BCUT2D eigenvalue weighted by Gasteiger charge is 2.26. The average molecular weight is 266 g/mol. The van der Waals surface area contributed by atoms with Gasteiger partial charge in [-0.25, -0.2) is 9.18 Å². The number of carbonyl (C=O) groups is 1. The normalized spacial score (nSPS) is 21.2. The number of halogens is 1. The number of carboxylic acid groups (broad SMARTS) is 1. The van der Waals surface area contributed by atoms with E-state index in [2.05, 4.69) is 4.90 Å². The van der Waals surface area contributed by atoms with Gasteiger partial charge < -0.3 is 14.9 Å². The molecule has 0 saturated carbocycles. The van der Waals surface area contributed by atoms with Gasteiger partial charge in [-0.2, -0.15) is 0 Å². The van der Waals surface area contributed by atoms with Crippen LogP contribution in [0.25, 0.3) is 0 Å².